The molecular formula is C16H27NO3. The molecule has 0 aromatic heterocycles. The first kappa shape index (κ1) is 15.3. The molecule has 114 valence electrons. The molecule has 1 N–H and O–H groups in total. The molecule has 1 saturated heterocycles. The van der Waals surface area contributed by atoms with Crippen LogP contribution in [0.25, 0.3) is 0 Å². The van der Waals surface area contributed by atoms with E-state index in [-0.39, 0.29) is 11.3 Å². The van der Waals surface area contributed by atoms with Crippen LogP contribution in [0.2, 0.25) is 0 Å². The predicted octanol–water partition coefficient (Wildman–Crippen LogP) is 2.92. The van der Waals surface area contributed by atoms with Gasteiger partial charge in [-0.05, 0) is 38.5 Å². The predicted molar refractivity (Wildman–Crippen MR) is 77.3 cm³/mol. The summed E-state index contributed by atoms with van der Waals surface area (Å²) in [7, 11) is 0. The topological polar surface area (TPSA) is 57.6 Å². The van der Waals surface area contributed by atoms with Gasteiger partial charge in [-0.25, -0.2) is 0 Å². The molecule has 4 heteroatoms. The molecule has 4 nitrogen and oxygen atoms in total. The van der Waals surface area contributed by atoms with Crippen LogP contribution in [0.15, 0.2) is 0 Å². The largest absolute Gasteiger partial charge is 0.481 e. The third kappa shape index (κ3) is 2.70. The van der Waals surface area contributed by atoms with Crippen molar-refractivity contribution in [3.63, 3.8) is 0 Å². The van der Waals surface area contributed by atoms with Crippen molar-refractivity contribution in [2.45, 2.75) is 59.3 Å². The molecule has 1 saturated carbocycles. The lowest BCUT2D eigenvalue weighted by Gasteiger charge is -2.34. The molecule has 1 aliphatic carbocycles. The molecule has 1 atom stereocenters. The van der Waals surface area contributed by atoms with E-state index in [2.05, 4.69) is 13.8 Å². The highest BCUT2D eigenvalue weighted by Crippen LogP contribution is 2.46. The second kappa shape index (κ2) is 5.38. The zero-order valence-electron chi connectivity index (χ0n) is 12.9. The first-order chi connectivity index (χ1) is 9.29. The van der Waals surface area contributed by atoms with Crippen molar-refractivity contribution < 1.29 is 14.7 Å². The minimum Gasteiger partial charge on any atom is -0.481 e. The molecule has 0 aromatic rings. The standard InChI is InChI=1S/C16H27NO3/c1-12(2)10-16(6-4-5-7-16)13(18)17-9-8-15(3,11-17)14(19)20/h12H,4-11H2,1-3H3,(H,19,20). The van der Waals surface area contributed by atoms with Crippen molar-refractivity contribution in [1.29, 1.82) is 0 Å². The van der Waals surface area contributed by atoms with Gasteiger partial charge in [-0.3, -0.25) is 9.59 Å². The second-order valence-corrected chi connectivity index (χ2v) is 7.43. The maximum absolute atomic E-state index is 12.9. The fourth-order valence-corrected chi connectivity index (χ4v) is 3.98. The summed E-state index contributed by atoms with van der Waals surface area (Å²) in [5.41, 5.74) is -0.967. The number of nitrogens with zero attached hydrogens (tertiary/aromatic N) is 1. The van der Waals surface area contributed by atoms with Crippen molar-refractivity contribution in [2.75, 3.05) is 13.1 Å². The maximum Gasteiger partial charge on any atom is 0.311 e. The third-order valence-electron chi connectivity index (χ3n) is 5.09. The van der Waals surface area contributed by atoms with E-state index in [1.54, 1.807) is 6.92 Å². The van der Waals surface area contributed by atoms with E-state index in [0.717, 1.165) is 32.1 Å². The number of carbonyl (C=O) groups excluding carboxylic acids is 1. The van der Waals surface area contributed by atoms with E-state index in [4.69, 9.17) is 0 Å². The average Bonchev–Trinajstić information content (AvgIpc) is 2.96. The summed E-state index contributed by atoms with van der Waals surface area (Å²) in [6.45, 7) is 7.06. The number of carbonyl (C=O) groups is 2. The highest BCUT2D eigenvalue weighted by atomic mass is 16.4. The van der Waals surface area contributed by atoms with E-state index in [0.29, 0.717) is 25.4 Å². The van der Waals surface area contributed by atoms with Gasteiger partial charge in [-0.15, -0.1) is 0 Å². The van der Waals surface area contributed by atoms with Crippen molar-refractivity contribution in [3.8, 4) is 0 Å². The monoisotopic (exact) mass is 281 g/mol. The molecule has 2 fully saturated rings. The van der Waals surface area contributed by atoms with Gasteiger partial charge in [0.15, 0.2) is 0 Å². The Morgan fingerprint density at radius 2 is 1.80 bits per heavy atom. The Hall–Kier alpha value is -1.06. The van der Waals surface area contributed by atoms with Gasteiger partial charge in [0.1, 0.15) is 0 Å². The fraction of sp³-hybridized carbons (Fsp3) is 0.875. The minimum atomic E-state index is -0.780. The smallest absolute Gasteiger partial charge is 0.311 e. The summed E-state index contributed by atoms with van der Waals surface area (Å²) in [5, 5.41) is 9.31. The molecule has 0 aromatic carbocycles. The lowest BCUT2D eigenvalue weighted by molar-refractivity contribution is -0.148. The number of hydrogen-bond acceptors (Lipinski definition) is 2. The number of rotatable bonds is 4. The van der Waals surface area contributed by atoms with Gasteiger partial charge in [0.05, 0.1) is 5.41 Å². The zero-order chi connectivity index (χ0) is 15.0. The molecule has 2 rings (SSSR count). The van der Waals surface area contributed by atoms with Crippen LogP contribution in [-0.4, -0.2) is 35.0 Å². The maximum atomic E-state index is 12.9. The normalized spacial score (nSPS) is 29.1. The van der Waals surface area contributed by atoms with E-state index in [1.165, 1.54) is 0 Å². The minimum absolute atomic E-state index is 0.210. The Bertz CT molecular complexity index is 399. The Morgan fingerprint density at radius 1 is 1.20 bits per heavy atom. The zero-order valence-corrected chi connectivity index (χ0v) is 12.9. The molecule has 0 radical (unpaired) electrons. The molecule has 1 heterocycles. The SMILES string of the molecule is CC(C)CC1(C(=O)N2CCC(C)(C(=O)O)C2)CCCC1. The van der Waals surface area contributed by atoms with Crippen molar-refractivity contribution >= 4 is 11.9 Å². The van der Waals surface area contributed by atoms with Gasteiger partial charge in [0.2, 0.25) is 5.91 Å². The summed E-state index contributed by atoms with van der Waals surface area (Å²) in [4.78, 5) is 26.1. The number of aliphatic carboxylic acids is 1. The molecule has 0 bridgehead atoms. The van der Waals surface area contributed by atoms with Crippen LogP contribution < -0.4 is 0 Å². The highest BCUT2D eigenvalue weighted by Gasteiger charge is 2.49. The molecule has 0 spiro atoms. The first-order valence-electron chi connectivity index (χ1n) is 7.82. The lowest BCUT2D eigenvalue weighted by atomic mass is 9.77. The van der Waals surface area contributed by atoms with Crippen LogP contribution in [0, 0.1) is 16.7 Å². The number of hydrogen-bond donors (Lipinski definition) is 1. The number of carboxylic acid groups (broad SMARTS) is 1. The summed E-state index contributed by atoms with van der Waals surface area (Å²) in [5.74, 6) is -0.0590. The third-order valence-corrected chi connectivity index (χ3v) is 5.09. The van der Waals surface area contributed by atoms with E-state index in [1.807, 2.05) is 4.90 Å². The van der Waals surface area contributed by atoms with Gasteiger partial charge in [-0.1, -0.05) is 26.7 Å². The Morgan fingerprint density at radius 3 is 2.25 bits per heavy atom. The fourth-order valence-electron chi connectivity index (χ4n) is 3.98. The van der Waals surface area contributed by atoms with Crippen molar-refractivity contribution in [2.24, 2.45) is 16.7 Å². The van der Waals surface area contributed by atoms with Crippen molar-refractivity contribution in [3.05, 3.63) is 0 Å². The van der Waals surface area contributed by atoms with Crippen LogP contribution in [0.1, 0.15) is 59.3 Å². The molecular weight excluding hydrogens is 254 g/mol. The van der Waals surface area contributed by atoms with Gasteiger partial charge in [-0.2, -0.15) is 0 Å². The van der Waals surface area contributed by atoms with Crippen LogP contribution in [0.3, 0.4) is 0 Å². The van der Waals surface area contributed by atoms with Gasteiger partial charge in [0.25, 0.3) is 0 Å². The number of likely N-dealkylation sites (tertiary alicyclic amines) is 1. The van der Waals surface area contributed by atoms with E-state index in [9.17, 15) is 14.7 Å². The Labute approximate surface area is 121 Å². The summed E-state index contributed by atoms with van der Waals surface area (Å²) in [6.07, 6.45) is 5.72. The molecule has 1 aliphatic heterocycles. The number of carboxylic acids is 1. The van der Waals surface area contributed by atoms with E-state index >= 15 is 0 Å². The van der Waals surface area contributed by atoms with Crippen LogP contribution in [0.4, 0.5) is 0 Å². The lowest BCUT2D eigenvalue weighted by Crippen LogP contribution is -2.43. The van der Waals surface area contributed by atoms with Crippen LogP contribution in [0.5, 0.6) is 0 Å². The molecule has 20 heavy (non-hydrogen) atoms. The first-order valence-corrected chi connectivity index (χ1v) is 7.82. The molecule has 1 unspecified atom stereocenters. The van der Waals surface area contributed by atoms with Crippen LogP contribution in [-0.2, 0) is 9.59 Å². The second-order valence-electron chi connectivity index (χ2n) is 7.43. The van der Waals surface area contributed by atoms with E-state index < -0.39 is 11.4 Å². The summed E-state index contributed by atoms with van der Waals surface area (Å²) in [6, 6.07) is 0. The average molecular weight is 281 g/mol. The molecule has 2 aliphatic rings. The van der Waals surface area contributed by atoms with Crippen molar-refractivity contribution in [1.82, 2.24) is 4.90 Å². The van der Waals surface area contributed by atoms with Gasteiger partial charge >= 0.3 is 5.97 Å². The summed E-state index contributed by atoms with van der Waals surface area (Å²) < 4.78 is 0. The summed E-state index contributed by atoms with van der Waals surface area (Å²) >= 11 is 0. The Balaban J connectivity index is 2.12. The highest BCUT2D eigenvalue weighted by molar-refractivity contribution is 5.85. The number of amides is 1. The quantitative estimate of drug-likeness (QED) is 0.862. The molecule has 1 amide bonds. The van der Waals surface area contributed by atoms with Gasteiger partial charge < -0.3 is 10.0 Å². The van der Waals surface area contributed by atoms with Crippen LogP contribution >= 0.6 is 0 Å². The Kier molecular flexibility index (Phi) is 4.12. The van der Waals surface area contributed by atoms with Gasteiger partial charge in [0, 0.05) is 18.5 Å².